The first-order valence-electron chi connectivity index (χ1n) is 5.81. The number of hydrogen-bond donors (Lipinski definition) is 2. The van der Waals surface area contributed by atoms with Crippen LogP contribution in [0.15, 0.2) is 24.3 Å². The van der Waals surface area contributed by atoms with Crippen molar-refractivity contribution in [1.82, 2.24) is 4.90 Å². The zero-order valence-electron chi connectivity index (χ0n) is 11.0. The van der Waals surface area contributed by atoms with E-state index in [1.54, 1.807) is 38.4 Å². The Balaban J connectivity index is 2.73. The summed E-state index contributed by atoms with van der Waals surface area (Å²) in [4.78, 5) is 23.6. The molecule has 19 heavy (non-hydrogen) atoms. The third kappa shape index (κ3) is 4.59. The number of likely N-dealkylation sites (N-methyl/N-ethyl adjacent to an activating group) is 1. The van der Waals surface area contributed by atoms with E-state index >= 15 is 0 Å². The van der Waals surface area contributed by atoms with Crippen molar-refractivity contribution >= 4 is 11.9 Å². The van der Waals surface area contributed by atoms with E-state index in [2.05, 4.69) is 0 Å². The van der Waals surface area contributed by atoms with Crippen molar-refractivity contribution in [3.05, 3.63) is 29.8 Å². The monoisotopic (exact) mass is 266 g/mol. The van der Waals surface area contributed by atoms with Crippen molar-refractivity contribution in [2.45, 2.75) is 12.5 Å². The molecule has 0 heterocycles. The fraction of sp³-hybridized carbons (Fsp3) is 0.385. The first kappa shape index (κ1) is 15.0. The number of para-hydroxylation sites is 1. The highest BCUT2D eigenvalue weighted by Gasteiger charge is 2.15. The molecule has 1 aromatic rings. The molecule has 104 valence electrons. The molecule has 0 saturated carbocycles. The summed E-state index contributed by atoms with van der Waals surface area (Å²) in [5.41, 5.74) is 6.16. The number of carboxylic acid groups (broad SMARTS) is 1. The van der Waals surface area contributed by atoms with Gasteiger partial charge in [0.2, 0.25) is 0 Å². The van der Waals surface area contributed by atoms with Crippen LogP contribution in [0, 0.1) is 0 Å². The van der Waals surface area contributed by atoms with Crippen molar-refractivity contribution in [3.63, 3.8) is 0 Å². The smallest absolute Gasteiger partial charge is 0.320 e. The lowest BCUT2D eigenvalue weighted by atomic mass is 10.1. The number of carbonyl (C=O) groups excluding carboxylic acids is 1. The first-order valence-corrected chi connectivity index (χ1v) is 5.81. The summed E-state index contributed by atoms with van der Waals surface area (Å²) >= 11 is 0. The van der Waals surface area contributed by atoms with Crippen molar-refractivity contribution < 1.29 is 19.4 Å². The van der Waals surface area contributed by atoms with Crippen LogP contribution in [0.25, 0.3) is 0 Å². The number of aliphatic carboxylic acids is 1. The van der Waals surface area contributed by atoms with E-state index in [1.165, 1.54) is 4.90 Å². The highest BCUT2D eigenvalue weighted by molar-refractivity contribution is 5.77. The van der Waals surface area contributed by atoms with E-state index in [0.29, 0.717) is 11.3 Å². The van der Waals surface area contributed by atoms with Crippen molar-refractivity contribution in [1.29, 1.82) is 0 Å². The minimum atomic E-state index is -1.07. The molecule has 0 spiro atoms. The quantitative estimate of drug-likeness (QED) is 0.762. The van der Waals surface area contributed by atoms with E-state index in [1.807, 2.05) is 0 Å². The van der Waals surface area contributed by atoms with Crippen LogP contribution in [0.1, 0.15) is 5.56 Å². The van der Waals surface area contributed by atoms with Gasteiger partial charge >= 0.3 is 5.97 Å². The molecule has 1 aromatic carbocycles. The Morgan fingerprint density at radius 1 is 1.37 bits per heavy atom. The second-order valence-corrected chi connectivity index (χ2v) is 4.33. The van der Waals surface area contributed by atoms with Gasteiger partial charge in [0.05, 0.1) is 0 Å². The number of rotatable bonds is 6. The summed E-state index contributed by atoms with van der Waals surface area (Å²) in [6.07, 6.45) is 0.154. The van der Waals surface area contributed by atoms with Gasteiger partial charge in [-0.1, -0.05) is 18.2 Å². The largest absolute Gasteiger partial charge is 0.483 e. The molecule has 0 radical (unpaired) electrons. The minimum Gasteiger partial charge on any atom is -0.483 e. The van der Waals surface area contributed by atoms with Crippen LogP contribution in [-0.4, -0.2) is 48.6 Å². The average molecular weight is 266 g/mol. The highest BCUT2D eigenvalue weighted by Crippen LogP contribution is 2.19. The summed E-state index contributed by atoms with van der Waals surface area (Å²) in [6, 6.07) is 5.95. The number of ether oxygens (including phenoxy) is 1. The Bertz CT molecular complexity index is 460. The van der Waals surface area contributed by atoms with Gasteiger partial charge in [0.25, 0.3) is 5.91 Å². The maximum absolute atomic E-state index is 11.4. The molecule has 0 aliphatic heterocycles. The molecule has 1 amide bonds. The number of carboxylic acids is 1. The Kier molecular flexibility index (Phi) is 5.32. The van der Waals surface area contributed by atoms with Crippen LogP contribution in [-0.2, 0) is 16.0 Å². The van der Waals surface area contributed by atoms with Crippen molar-refractivity contribution in [3.8, 4) is 5.75 Å². The topological polar surface area (TPSA) is 92.9 Å². The number of nitrogens with zero attached hydrogens (tertiary/aromatic N) is 1. The lowest BCUT2D eigenvalue weighted by molar-refractivity contribution is -0.138. The van der Waals surface area contributed by atoms with Crippen LogP contribution in [0.5, 0.6) is 5.75 Å². The summed E-state index contributed by atoms with van der Waals surface area (Å²) in [5.74, 6) is -0.758. The summed E-state index contributed by atoms with van der Waals surface area (Å²) < 4.78 is 5.40. The predicted molar refractivity (Wildman–Crippen MR) is 69.9 cm³/mol. The fourth-order valence-corrected chi connectivity index (χ4v) is 1.41. The Morgan fingerprint density at radius 3 is 2.58 bits per heavy atom. The molecule has 1 atom stereocenters. The maximum Gasteiger partial charge on any atom is 0.320 e. The van der Waals surface area contributed by atoms with E-state index in [9.17, 15) is 9.59 Å². The third-order valence-corrected chi connectivity index (χ3v) is 2.58. The first-order chi connectivity index (χ1) is 8.91. The molecule has 0 aliphatic carbocycles. The van der Waals surface area contributed by atoms with Crippen LogP contribution in [0.3, 0.4) is 0 Å². The van der Waals surface area contributed by atoms with Gasteiger partial charge in [-0.15, -0.1) is 0 Å². The molecule has 0 unspecified atom stereocenters. The Morgan fingerprint density at radius 2 is 2.00 bits per heavy atom. The Labute approximate surface area is 111 Å². The standard InChI is InChI=1S/C13H18N2O4/c1-15(2)12(16)8-19-11-6-4-3-5-9(11)7-10(14)13(17)18/h3-6,10H,7-8,14H2,1-2H3,(H,17,18)/t10-/m1/s1. The SMILES string of the molecule is CN(C)C(=O)COc1ccccc1C[C@@H](N)C(=O)O. The lowest BCUT2D eigenvalue weighted by Crippen LogP contribution is -2.32. The molecule has 1 rings (SSSR count). The van der Waals surface area contributed by atoms with Crippen LogP contribution >= 0.6 is 0 Å². The lowest BCUT2D eigenvalue weighted by Gasteiger charge is -2.15. The number of carbonyl (C=O) groups is 2. The molecular formula is C13H18N2O4. The van der Waals surface area contributed by atoms with Gasteiger partial charge in [0.1, 0.15) is 11.8 Å². The molecule has 0 fully saturated rings. The van der Waals surface area contributed by atoms with E-state index in [-0.39, 0.29) is 18.9 Å². The normalized spacial score (nSPS) is 11.7. The van der Waals surface area contributed by atoms with E-state index in [4.69, 9.17) is 15.6 Å². The van der Waals surface area contributed by atoms with Gasteiger partial charge in [-0.3, -0.25) is 9.59 Å². The molecule has 0 aromatic heterocycles. The maximum atomic E-state index is 11.4. The molecule has 0 saturated heterocycles. The van der Waals surface area contributed by atoms with Gasteiger partial charge < -0.3 is 20.5 Å². The molecule has 0 aliphatic rings. The highest BCUT2D eigenvalue weighted by atomic mass is 16.5. The van der Waals surface area contributed by atoms with Gasteiger partial charge in [-0.2, -0.15) is 0 Å². The zero-order valence-corrected chi connectivity index (χ0v) is 11.0. The predicted octanol–water partition coefficient (Wildman–Crippen LogP) is 0.108. The van der Waals surface area contributed by atoms with E-state index < -0.39 is 12.0 Å². The van der Waals surface area contributed by atoms with Gasteiger partial charge in [-0.25, -0.2) is 0 Å². The molecule has 0 bridgehead atoms. The average Bonchev–Trinajstić information content (AvgIpc) is 2.36. The second kappa shape index (κ2) is 6.75. The van der Waals surface area contributed by atoms with Crippen LogP contribution in [0.2, 0.25) is 0 Å². The van der Waals surface area contributed by atoms with Gasteiger partial charge in [0.15, 0.2) is 6.61 Å². The second-order valence-electron chi connectivity index (χ2n) is 4.33. The van der Waals surface area contributed by atoms with Crippen molar-refractivity contribution in [2.24, 2.45) is 5.73 Å². The fourth-order valence-electron chi connectivity index (χ4n) is 1.41. The number of benzene rings is 1. The summed E-state index contributed by atoms with van der Waals surface area (Å²) in [5, 5.41) is 8.80. The molecule has 6 heteroatoms. The molecular weight excluding hydrogens is 248 g/mol. The van der Waals surface area contributed by atoms with Gasteiger partial charge in [0, 0.05) is 20.5 Å². The molecule has 3 N–H and O–H groups in total. The number of nitrogens with two attached hydrogens (primary N) is 1. The number of amides is 1. The van der Waals surface area contributed by atoms with Crippen molar-refractivity contribution in [2.75, 3.05) is 20.7 Å². The summed E-state index contributed by atoms with van der Waals surface area (Å²) in [6.45, 7) is -0.0909. The third-order valence-electron chi connectivity index (χ3n) is 2.58. The minimum absolute atomic E-state index is 0.0909. The van der Waals surface area contributed by atoms with E-state index in [0.717, 1.165) is 0 Å². The number of hydrogen-bond acceptors (Lipinski definition) is 4. The Hall–Kier alpha value is -2.08. The summed E-state index contributed by atoms with van der Waals surface area (Å²) in [7, 11) is 3.27. The van der Waals surface area contributed by atoms with Gasteiger partial charge in [-0.05, 0) is 11.6 Å². The zero-order chi connectivity index (χ0) is 14.4. The van der Waals surface area contributed by atoms with Crippen LogP contribution < -0.4 is 10.5 Å². The molecule has 6 nitrogen and oxygen atoms in total. The van der Waals surface area contributed by atoms with Crippen LogP contribution in [0.4, 0.5) is 0 Å².